The van der Waals surface area contributed by atoms with E-state index in [-0.39, 0.29) is 0 Å². The molecule has 2 atom stereocenters. The monoisotopic (exact) mass is 321 g/mol. The lowest BCUT2D eigenvalue weighted by Gasteiger charge is -2.26. The molecule has 0 aliphatic carbocycles. The molecule has 0 bridgehead atoms. The van der Waals surface area contributed by atoms with E-state index in [2.05, 4.69) is 16.1 Å². The van der Waals surface area contributed by atoms with Gasteiger partial charge in [-0.15, -0.1) is 11.3 Å². The fourth-order valence-corrected chi connectivity index (χ4v) is 3.62. The summed E-state index contributed by atoms with van der Waals surface area (Å²) < 4.78 is 7.58. The summed E-state index contributed by atoms with van der Waals surface area (Å²) in [5.41, 5.74) is 0. The highest BCUT2D eigenvalue weighted by molar-refractivity contribution is 7.09. The third kappa shape index (κ3) is 4.39. The van der Waals surface area contributed by atoms with Gasteiger partial charge in [0.05, 0.1) is 25.9 Å². The van der Waals surface area contributed by atoms with E-state index in [0.717, 1.165) is 13.1 Å². The zero-order valence-electron chi connectivity index (χ0n) is 12.7. The second kappa shape index (κ2) is 7.87. The van der Waals surface area contributed by atoms with Crippen LogP contribution in [0, 0.1) is 0 Å². The highest BCUT2D eigenvalue weighted by Crippen LogP contribution is 2.19. The van der Waals surface area contributed by atoms with Crippen LogP contribution in [0.1, 0.15) is 17.7 Å². The van der Waals surface area contributed by atoms with Crippen LogP contribution in [-0.4, -0.2) is 51.6 Å². The Labute approximate surface area is 135 Å². The molecular weight excluding hydrogens is 298 g/mol. The Balaban J connectivity index is 1.40. The molecule has 2 aromatic heterocycles. The fraction of sp³-hybridized carbons (Fsp3) is 0.562. The molecular formula is C16H23N3O2S. The van der Waals surface area contributed by atoms with Crippen LogP contribution in [0.15, 0.2) is 36.0 Å². The van der Waals surface area contributed by atoms with Crippen LogP contribution in [0.25, 0.3) is 0 Å². The van der Waals surface area contributed by atoms with Crippen LogP contribution < -0.4 is 0 Å². The molecule has 1 aliphatic rings. The van der Waals surface area contributed by atoms with Crippen LogP contribution in [0.2, 0.25) is 0 Å². The summed E-state index contributed by atoms with van der Waals surface area (Å²) in [4.78, 5) is 3.56. The molecule has 3 rings (SSSR count). The number of aliphatic hydroxyl groups excluding tert-OH is 1. The van der Waals surface area contributed by atoms with E-state index < -0.39 is 6.10 Å². The summed E-state index contributed by atoms with van der Waals surface area (Å²) in [6.45, 7) is 3.61. The molecule has 0 aromatic carbocycles. The van der Waals surface area contributed by atoms with E-state index in [4.69, 9.17) is 4.74 Å². The van der Waals surface area contributed by atoms with Crippen molar-refractivity contribution in [2.24, 2.45) is 0 Å². The van der Waals surface area contributed by atoms with Crippen molar-refractivity contribution in [3.63, 3.8) is 0 Å². The minimum absolute atomic E-state index is 0.392. The Morgan fingerprint density at radius 3 is 3.18 bits per heavy atom. The minimum atomic E-state index is -0.432. The minimum Gasteiger partial charge on any atom is -0.389 e. The highest BCUT2D eigenvalue weighted by Gasteiger charge is 2.26. The summed E-state index contributed by atoms with van der Waals surface area (Å²) in [5, 5.41) is 16.5. The maximum Gasteiger partial charge on any atom is 0.0900 e. The van der Waals surface area contributed by atoms with E-state index in [1.54, 1.807) is 11.3 Å². The Bertz CT molecular complexity index is 530. The summed E-state index contributed by atoms with van der Waals surface area (Å²) >= 11 is 1.68. The van der Waals surface area contributed by atoms with Crippen LogP contribution in [0.4, 0.5) is 0 Å². The summed E-state index contributed by atoms with van der Waals surface area (Å²) in [6.07, 6.45) is 5.74. The van der Waals surface area contributed by atoms with E-state index >= 15 is 0 Å². The van der Waals surface area contributed by atoms with Crippen molar-refractivity contribution in [2.45, 2.75) is 38.1 Å². The first kappa shape index (κ1) is 15.7. The highest BCUT2D eigenvalue weighted by atomic mass is 32.1. The van der Waals surface area contributed by atoms with Crippen molar-refractivity contribution in [1.82, 2.24) is 14.7 Å². The third-order valence-corrected chi connectivity index (χ3v) is 4.89. The Hall–Kier alpha value is -1.21. The van der Waals surface area contributed by atoms with E-state index in [0.29, 0.717) is 25.8 Å². The number of ether oxygens (including phenoxy) is 1. The Kier molecular flexibility index (Phi) is 5.61. The molecule has 2 aromatic rings. The van der Waals surface area contributed by atoms with Gasteiger partial charge in [-0.05, 0) is 36.9 Å². The molecule has 0 spiro atoms. The molecule has 3 heterocycles. The van der Waals surface area contributed by atoms with Gasteiger partial charge in [-0.1, -0.05) is 6.07 Å². The summed E-state index contributed by atoms with van der Waals surface area (Å²) in [6, 6.07) is 6.49. The maximum atomic E-state index is 10.2. The third-order valence-electron chi connectivity index (χ3n) is 4.04. The number of hydrogen-bond acceptors (Lipinski definition) is 5. The number of aliphatic hydroxyl groups is 1. The topological polar surface area (TPSA) is 50.5 Å². The van der Waals surface area contributed by atoms with Gasteiger partial charge in [0.1, 0.15) is 0 Å². The molecule has 1 saturated heterocycles. The Morgan fingerprint density at radius 1 is 1.45 bits per heavy atom. The molecule has 1 N–H and O–H groups in total. The van der Waals surface area contributed by atoms with Gasteiger partial charge in [0.25, 0.3) is 0 Å². The van der Waals surface area contributed by atoms with E-state index in [1.165, 1.54) is 17.7 Å². The number of nitrogens with zero attached hydrogens (tertiary/aromatic N) is 3. The molecule has 22 heavy (non-hydrogen) atoms. The van der Waals surface area contributed by atoms with Crippen molar-refractivity contribution >= 4 is 11.3 Å². The van der Waals surface area contributed by atoms with E-state index in [1.807, 2.05) is 34.6 Å². The van der Waals surface area contributed by atoms with Gasteiger partial charge in [0.2, 0.25) is 0 Å². The quantitative estimate of drug-likeness (QED) is 0.808. The lowest BCUT2D eigenvalue weighted by atomic mass is 10.2. The summed E-state index contributed by atoms with van der Waals surface area (Å²) in [5.74, 6) is 0. The molecule has 1 aliphatic heterocycles. The van der Waals surface area contributed by atoms with Gasteiger partial charge in [-0.25, -0.2) is 0 Å². The zero-order chi connectivity index (χ0) is 15.2. The van der Waals surface area contributed by atoms with Crippen LogP contribution in [0.3, 0.4) is 0 Å². The number of hydrogen-bond donors (Lipinski definition) is 1. The molecule has 0 unspecified atom stereocenters. The average molecular weight is 321 g/mol. The Morgan fingerprint density at radius 2 is 2.41 bits per heavy atom. The number of likely N-dealkylation sites (tertiary alicyclic amines) is 1. The number of β-amino-alcohol motifs (C(OH)–C–C–N with tert-alkyl or cyclic N) is 1. The normalized spacial score (nSPS) is 20.5. The van der Waals surface area contributed by atoms with Crippen LogP contribution in [-0.2, 0) is 17.9 Å². The smallest absolute Gasteiger partial charge is 0.0900 e. The summed E-state index contributed by atoms with van der Waals surface area (Å²) in [7, 11) is 0. The van der Waals surface area contributed by atoms with Crippen molar-refractivity contribution < 1.29 is 9.84 Å². The molecule has 120 valence electrons. The number of thiophene rings is 1. The van der Waals surface area contributed by atoms with Crippen LogP contribution in [0.5, 0.6) is 0 Å². The molecule has 1 fully saturated rings. The van der Waals surface area contributed by atoms with Crippen molar-refractivity contribution in [3.8, 4) is 0 Å². The first-order valence-corrected chi connectivity index (χ1v) is 8.69. The van der Waals surface area contributed by atoms with Gasteiger partial charge in [0.15, 0.2) is 0 Å². The SMILES string of the molecule is O[C@H](COCc1cccs1)CN1CCC[C@H]1Cn1cccn1. The second-order valence-electron chi connectivity index (χ2n) is 5.77. The van der Waals surface area contributed by atoms with Gasteiger partial charge < -0.3 is 9.84 Å². The van der Waals surface area contributed by atoms with Crippen LogP contribution >= 0.6 is 11.3 Å². The van der Waals surface area contributed by atoms with Crippen molar-refractivity contribution in [3.05, 3.63) is 40.8 Å². The number of rotatable bonds is 8. The molecule has 6 heteroatoms. The predicted octanol–water partition coefficient (Wildman–Crippen LogP) is 1.99. The van der Waals surface area contributed by atoms with Gasteiger partial charge in [0, 0.05) is 29.9 Å². The molecule has 0 radical (unpaired) electrons. The van der Waals surface area contributed by atoms with Gasteiger partial charge in [-0.2, -0.15) is 5.10 Å². The van der Waals surface area contributed by atoms with Gasteiger partial charge in [-0.3, -0.25) is 9.58 Å². The zero-order valence-corrected chi connectivity index (χ0v) is 13.5. The standard InChI is InChI=1S/C16H23N3O2S/c20-15(12-21-13-16-5-2-9-22-16)11-18-7-1-4-14(18)10-19-8-3-6-17-19/h2-3,5-6,8-9,14-15,20H,1,4,7,10-13H2/t14-,15-/m0/s1. The lowest BCUT2D eigenvalue weighted by molar-refractivity contribution is 0.00741. The maximum absolute atomic E-state index is 10.2. The first-order chi connectivity index (χ1) is 10.8. The number of aromatic nitrogens is 2. The largest absolute Gasteiger partial charge is 0.389 e. The lowest BCUT2D eigenvalue weighted by Crippen LogP contribution is -2.40. The molecule has 0 saturated carbocycles. The van der Waals surface area contributed by atoms with E-state index in [9.17, 15) is 5.11 Å². The van der Waals surface area contributed by atoms with Crippen molar-refractivity contribution in [2.75, 3.05) is 19.7 Å². The predicted molar refractivity (Wildman–Crippen MR) is 86.8 cm³/mol. The molecule has 5 nitrogen and oxygen atoms in total. The van der Waals surface area contributed by atoms with Gasteiger partial charge >= 0.3 is 0 Å². The first-order valence-electron chi connectivity index (χ1n) is 7.81. The average Bonchev–Trinajstić information content (AvgIpc) is 3.23. The second-order valence-corrected chi connectivity index (χ2v) is 6.80. The fourth-order valence-electron chi connectivity index (χ4n) is 2.98. The molecule has 0 amide bonds. The van der Waals surface area contributed by atoms with Crippen molar-refractivity contribution in [1.29, 1.82) is 0 Å².